The van der Waals surface area contributed by atoms with Crippen molar-refractivity contribution in [1.29, 1.82) is 5.26 Å². The molecule has 2 aromatic rings. The highest BCUT2D eigenvalue weighted by Gasteiger charge is 2.25. The molecule has 8 heteroatoms. The molecule has 154 valence electrons. The molecule has 0 unspecified atom stereocenters. The molecule has 0 radical (unpaired) electrons. The summed E-state index contributed by atoms with van der Waals surface area (Å²) in [6.45, 7) is 3.53. The van der Waals surface area contributed by atoms with Crippen LogP contribution in [0.1, 0.15) is 43.7 Å². The minimum Gasteiger partial charge on any atom is -0.356 e. The molecule has 29 heavy (non-hydrogen) atoms. The molecule has 3 rings (SSSR count). The molecule has 0 amide bonds. The minimum atomic E-state index is -3.62. The first-order chi connectivity index (χ1) is 13.9. The van der Waals surface area contributed by atoms with Crippen molar-refractivity contribution in [3.05, 3.63) is 53.5 Å². The Labute approximate surface area is 171 Å². The fourth-order valence-electron chi connectivity index (χ4n) is 3.50. The summed E-state index contributed by atoms with van der Waals surface area (Å²) < 4.78 is 40.3. The summed E-state index contributed by atoms with van der Waals surface area (Å²) in [6, 6.07) is 9.49. The van der Waals surface area contributed by atoms with Gasteiger partial charge < -0.3 is 4.90 Å². The monoisotopic (exact) mass is 416 g/mol. The zero-order chi connectivity index (χ0) is 20.9. The van der Waals surface area contributed by atoms with Crippen LogP contribution in [0.5, 0.6) is 0 Å². The topological polar surface area (TPSA) is 77.3 Å². The molecule has 2 heterocycles. The van der Waals surface area contributed by atoms with E-state index in [1.165, 1.54) is 22.6 Å². The van der Waals surface area contributed by atoms with Crippen molar-refractivity contribution in [2.75, 3.05) is 28.0 Å². The van der Waals surface area contributed by atoms with E-state index in [4.69, 9.17) is 0 Å². The second-order valence-corrected chi connectivity index (χ2v) is 9.19. The van der Waals surface area contributed by atoms with Crippen LogP contribution in [0.2, 0.25) is 0 Å². The molecule has 0 spiro atoms. The molecule has 6 nitrogen and oxygen atoms in total. The lowest BCUT2D eigenvalue weighted by Crippen LogP contribution is -2.33. The Morgan fingerprint density at radius 2 is 1.90 bits per heavy atom. The number of aromatic nitrogens is 1. The van der Waals surface area contributed by atoms with Crippen LogP contribution in [0.15, 0.2) is 36.5 Å². The van der Waals surface area contributed by atoms with Gasteiger partial charge in [0.25, 0.3) is 0 Å². The van der Waals surface area contributed by atoms with Gasteiger partial charge in [-0.25, -0.2) is 17.8 Å². The Balaban J connectivity index is 1.98. The van der Waals surface area contributed by atoms with Gasteiger partial charge in [0.1, 0.15) is 17.7 Å². The third-order valence-electron chi connectivity index (χ3n) is 4.95. The smallest absolute Gasteiger partial charge is 0.235 e. The van der Waals surface area contributed by atoms with Crippen LogP contribution in [0, 0.1) is 17.1 Å². The van der Waals surface area contributed by atoms with Gasteiger partial charge in [-0.2, -0.15) is 5.26 Å². The SMILES string of the molecule is CCCS(=O)(=O)N(Cc1ccc(F)cc1)c1cnc(N2CCCCC2)c(C#N)c1. The fourth-order valence-corrected chi connectivity index (χ4v) is 5.00. The zero-order valence-corrected chi connectivity index (χ0v) is 17.3. The van der Waals surface area contributed by atoms with Gasteiger partial charge in [0, 0.05) is 13.1 Å². The molecule has 1 aliphatic heterocycles. The molecular formula is C21H25FN4O2S. The molecular weight excluding hydrogens is 391 g/mol. The second kappa shape index (κ2) is 9.23. The lowest BCUT2D eigenvalue weighted by atomic mass is 10.1. The maximum atomic E-state index is 13.2. The van der Waals surface area contributed by atoms with E-state index in [2.05, 4.69) is 16.0 Å². The van der Waals surface area contributed by atoms with Gasteiger partial charge in [-0.05, 0) is 49.4 Å². The third-order valence-corrected chi connectivity index (χ3v) is 6.89. The van der Waals surface area contributed by atoms with Crippen molar-refractivity contribution in [3.63, 3.8) is 0 Å². The van der Waals surface area contributed by atoms with Crippen LogP contribution in [-0.4, -0.2) is 32.2 Å². The molecule has 0 bridgehead atoms. The van der Waals surface area contributed by atoms with Gasteiger partial charge in [0.05, 0.1) is 29.7 Å². The van der Waals surface area contributed by atoms with Crippen LogP contribution in [-0.2, 0) is 16.6 Å². The van der Waals surface area contributed by atoms with Crippen LogP contribution in [0.4, 0.5) is 15.9 Å². The van der Waals surface area contributed by atoms with Gasteiger partial charge in [0.15, 0.2) is 0 Å². The standard InChI is InChI=1S/C21H25FN4O2S/c1-2-12-29(27,28)26(16-17-6-8-19(22)9-7-17)20-13-18(14-23)21(24-15-20)25-10-4-3-5-11-25/h6-9,13,15H,2-5,10-12,16H2,1H3. The maximum absolute atomic E-state index is 13.2. The quantitative estimate of drug-likeness (QED) is 0.686. The third kappa shape index (κ3) is 5.04. The van der Waals surface area contributed by atoms with Crippen molar-refractivity contribution >= 4 is 21.5 Å². The number of nitrogens with zero attached hydrogens (tertiary/aromatic N) is 4. The molecule has 0 aliphatic carbocycles. The predicted octanol–water partition coefficient (Wildman–Crippen LogP) is 3.83. The summed E-state index contributed by atoms with van der Waals surface area (Å²) in [5, 5.41) is 9.66. The summed E-state index contributed by atoms with van der Waals surface area (Å²) in [5.74, 6) is 0.200. The zero-order valence-electron chi connectivity index (χ0n) is 16.5. The largest absolute Gasteiger partial charge is 0.356 e. The van der Waals surface area contributed by atoms with E-state index >= 15 is 0 Å². The number of piperidine rings is 1. The Hall–Kier alpha value is -2.66. The first-order valence-electron chi connectivity index (χ1n) is 9.84. The lowest BCUT2D eigenvalue weighted by molar-refractivity contribution is 0.573. The highest BCUT2D eigenvalue weighted by molar-refractivity contribution is 7.92. The normalized spacial score (nSPS) is 14.4. The lowest BCUT2D eigenvalue weighted by Gasteiger charge is -2.29. The van der Waals surface area contributed by atoms with Gasteiger partial charge in [-0.3, -0.25) is 4.31 Å². The molecule has 0 saturated carbocycles. The number of rotatable bonds is 7. The molecule has 0 N–H and O–H groups in total. The summed E-state index contributed by atoms with van der Waals surface area (Å²) in [4.78, 5) is 6.54. The Bertz CT molecular complexity index is 981. The highest BCUT2D eigenvalue weighted by atomic mass is 32.2. The van der Waals surface area contributed by atoms with Crippen molar-refractivity contribution in [2.24, 2.45) is 0 Å². The molecule has 1 aromatic carbocycles. The van der Waals surface area contributed by atoms with E-state index in [9.17, 15) is 18.1 Å². The number of nitriles is 1. The Morgan fingerprint density at radius 1 is 1.21 bits per heavy atom. The summed E-state index contributed by atoms with van der Waals surface area (Å²) in [5.41, 5.74) is 1.37. The van der Waals surface area contributed by atoms with Crippen molar-refractivity contribution in [3.8, 4) is 6.07 Å². The number of pyridine rings is 1. The Morgan fingerprint density at radius 3 is 2.52 bits per heavy atom. The van der Waals surface area contributed by atoms with E-state index in [0.717, 1.165) is 32.4 Å². The molecule has 1 fully saturated rings. The number of sulfonamides is 1. The van der Waals surface area contributed by atoms with Crippen LogP contribution < -0.4 is 9.21 Å². The summed E-state index contributed by atoms with van der Waals surface area (Å²) >= 11 is 0. The van der Waals surface area contributed by atoms with E-state index in [-0.39, 0.29) is 18.1 Å². The van der Waals surface area contributed by atoms with Gasteiger partial charge in [-0.1, -0.05) is 19.1 Å². The van der Waals surface area contributed by atoms with Crippen LogP contribution >= 0.6 is 0 Å². The molecule has 0 atom stereocenters. The van der Waals surface area contributed by atoms with E-state index in [1.54, 1.807) is 25.1 Å². The predicted molar refractivity (Wildman–Crippen MR) is 112 cm³/mol. The van der Waals surface area contributed by atoms with Crippen molar-refractivity contribution in [1.82, 2.24) is 4.98 Å². The summed E-state index contributed by atoms with van der Waals surface area (Å²) in [7, 11) is -3.62. The van der Waals surface area contributed by atoms with Gasteiger partial charge in [-0.15, -0.1) is 0 Å². The molecule has 1 aliphatic rings. The number of hydrogen-bond donors (Lipinski definition) is 0. The van der Waals surface area contributed by atoms with Gasteiger partial charge >= 0.3 is 0 Å². The first kappa shape index (κ1) is 21.1. The average molecular weight is 417 g/mol. The van der Waals surface area contributed by atoms with Crippen LogP contribution in [0.3, 0.4) is 0 Å². The fraction of sp³-hybridized carbons (Fsp3) is 0.429. The van der Waals surface area contributed by atoms with Gasteiger partial charge in [0.2, 0.25) is 10.0 Å². The van der Waals surface area contributed by atoms with Crippen molar-refractivity contribution in [2.45, 2.75) is 39.2 Å². The van der Waals surface area contributed by atoms with E-state index in [1.807, 2.05) is 0 Å². The van der Waals surface area contributed by atoms with Crippen molar-refractivity contribution < 1.29 is 12.8 Å². The second-order valence-electron chi connectivity index (χ2n) is 7.17. The number of benzene rings is 1. The molecule has 1 saturated heterocycles. The maximum Gasteiger partial charge on any atom is 0.235 e. The summed E-state index contributed by atoms with van der Waals surface area (Å²) in [6.07, 6.45) is 5.25. The Kier molecular flexibility index (Phi) is 6.70. The van der Waals surface area contributed by atoms with E-state index < -0.39 is 10.0 Å². The van der Waals surface area contributed by atoms with E-state index in [0.29, 0.717) is 29.1 Å². The first-order valence-corrected chi connectivity index (χ1v) is 11.5. The molecule has 1 aromatic heterocycles. The highest BCUT2D eigenvalue weighted by Crippen LogP contribution is 2.28. The number of hydrogen-bond acceptors (Lipinski definition) is 5. The number of anilines is 2. The van der Waals surface area contributed by atoms with Crippen LogP contribution in [0.25, 0.3) is 0 Å². The minimum absolute atomic E-state index is 0.0239. The number of halogens is 1. The average Bonchev–Trinajstić information content (AvgIpc) is 2.73.